The Morgan fingerprint density at radius 1 is 1.31 bits per heavy atom. The zero-order valence-corrected chi connectivity index (χ0v) is 8.90. The second kappa shape index (κ2) is 3.04. The number of hydrogen-bond acceptors (Lipinski definition) is 1. The van der Waals surface area contributed by atoms with Crippen LogP contribution in [0.1, 0.15) is 46.0 Å². The maximum absolute atomic E-state index is 4.09. The van der Waals surface area contributed by atoms with Gasteiger partial charge in [0.25, 0.3) is 0 Å². The summed E-state index contributed by atoms with van der Waals surface area (Å²) in [7, 11) is 0. The Morgan fingerprint density at radius 3 is 2.38 bits per heavy atom. The van der Waals surface area contributed by atoms with Crippen molar-refractivity contribution in [2.75, 3.05) is 0 Å². The molecule has 1 saturated carbocycles. The summed E-state index contributed by atoms with van der Waals surface area (Å²) >= 11 is 0. The highest BCUT2D eigenvalue weighted by molar-refractivity contribution is 5.14. The molecular formula is C12H21N. The van der Waals surface area contributed by atoms with Crippen molar-refractivity contribution >= 4 is 0 Å². The fourth-order valence-electron chi connectivity index (χ4n) is 2.87. The first-order chi connectivity index (χ1) is 6.11. The molecule has 1 unspecified atom stereocenters. The summed E-state index contributed by atoms with van der Waals surface area (Å²) in [5.74, 6) is 1.63. The lowest BCUT2D eigenvalue weighted by Gasteiger charge is -2.36. The third kappa shape index (κ3) is 1.61. The first-order valence-electron chi connectivity index (χ1n) is 5.58. The van der Waals surface area contributed by atoms with Crippen LogP contribution in [-0.2, 0) is 0 Å². The van der Waals surface area contributed by atoms with E-state index in [9.17, 15) is 0 Å². The van der Waals surface area contributed by atoms with E-state index < -0.39 is 0 Å². The van der Waals surface area contributed by atoms with Gasteiger partial charge in [-0.25, -0.2) is 0 Å². The van der Waals surface area contributed by atoms with E-state index in [1.165, 1.54) is 37.8 Å². The van der Waals surface area contributed by atoms with Gasteiger partial charge in [0.1, 0.15) is 0 Å². The first kappa shape index (κ1) is 9.11. The van der Waals surface area contributed by atoms with E-state index in [1.807, 2.05) is 0 Å². The number of rotatable bonds is 0. The lowest BCUT2D eigenvalue weighted by atomic mass is 9.75. The van der Waals surface area contributed by atoms with Crippen LogP contribution >= 0.6 is 0 Å². The van der Waals surface area contributed by atoms with Crippen LogP contribution < -0.4 is 5.32 Å². The molecule has 1 N–H and O–H groups in total. The summed E-state index contributed by atoms with van der Waals surface area (Å²) in [6.07, 6.45) is 6.83. The van der Waals surface area contributed by atoms with Crippen molar-refractivity contribution in [1.29, 1.82) is 0 Å². The van der Waals surface area contributed by atoms with Gasteiger partial charge in [0.05, 0.1) is 0 Å². The molecular weight excluding hydrogens is 158 g/mol. The molecule has 2 fully saturated rings. The van der Waals surface area contributed by atoms with Crippen LogP contribution in [0.3, 0.4) is 0 Å². The molecule has 1 saturated heterocycles. The SMILES string of the molecule is C=C1NC2(CCC(C)CC2)CC1C. The maximum atomic E-state index is 4.09. The van der Waals surface area contributed by atoms with Gasteiger partial charge in [-0.2, -0.15) is 0 Å². The number of nitrogens with one attached hydrogen (secondary N) is 1. The first-order valence-corrected chi connectivity index (χ1v) is 5.58. The molecule has 1 heterocycles. The maximum Gasteiger partial charge on any atom is 0.0377 e. The third-order valence-electron chi connectivity index (χ3n) is 3.95. The summed E-state index contributed by atoms with van der Waals surface area (Å²) in [5.41, 5.74) is 1.72. The summed E-state index contributed by atoms with van der Waals surface area (Å²) in [6.45, 7) is 8.76. The Labute approximate surface area is 81.6 Å². The molecule has 2 rings (SSSR count). The van der Waals surface area contributed by atoms with Gasteiger partial charge in [-0.1, -0.05) is 20.4 Å². The summed E-state index contributed by atoms with van der Waals surface area (Å²) in [4.78, 5) is 0. The van der Waals surface area contributed by atoms with Crippen LogP contribution in [0.25, 0.3) is 0 Å². The molecule has 13 heavy (non-hydrogen) atoms. The average molecular weight is 179 g/mol. The van der Waals surface area contributed by atoms with Crippen molar-refractivity contribution in [1.82, 2.24) is 5.32 Å². The molecule has 2 aliphatic rings. The fourth-order valence-corrected chi connectivity index (χ4v) is 2.87. The summed E-state index contributed by atoms with van der Waals surface area (Å²) in [6, 6.07) is 0. The van der Waals surface area contributed by atoms with E-state index in [0.717, 1.165) is 5.92 Å². The highest BCUT2D eigenvalue weighted by Gasteiger charge is 2.40. The van der Waals surface area contributed by atoms with Crippen molar-refractivity contribution in [2.24, 2.45) is 11.8 Å². The Balaban J connectivity index is 2.03. The highest BCUT2D eigenvalue weighted by Crippen LogP contribution is 2.42. The van der Waals surface area contributed by atoms with E-state index in [2.05, 4.69) is 25.7 Å². The summed E-state index contributed by atoms with van der Waals surface area (Å²) < 4.78 is 0. The lowest BCUT2D eigenvalue weighted by Crippen LogP contribution is -2.41. The average Bonchev–Trinajstić information content (AvgIpc) is 2.36. The number of hydrogen-bond donors (Lipinski definition) is 1. The van der Waals surface area contributed by atoms with Crippen molar-refractivity contribution in [3.05, 3.63) is 12.3 Å². The molecule has 1 aliphatic heterocycles. The molecule has 1 heteroatoms. The van der Waals surface area contributed by atoms with Crippen LogP contribution in [0.5, 0.6) is 0 Å². The Kier molecular flexibility index (Phi) is 2.13. The second-order valence-electron chi connectivity index (χ2n) is 5.22. The van der Waals surface area contributed by atoms with Crippen LogP contribution in [0.15, 0.2) is 12.3 Å². The van der Waals surface area contributed by atoms with Crippen molar-refractivity contribution < 1.29 is 0 Å². The molecule has 0 radical (unpaired) electrons. The standard InChI is InChI=1S/C12H21N/c1-9-4-6-12(7-5-9)8-10(2)11(3)13-12/h9-10,13H,3-8H2,1-2H3. The molecule has 1 atom stereocenters. The van der Waals surface area contributed by atoms with Gasteiger partial charge in [-0.3, -0.25) is 0 Å². The minimum Gasteiger partial charge on any atom is -0.383 e. The minimum absolute atomic E-state index is 0.447. The van der Waals surface area contributed by atoms with Crippen LogP contribution in [-0.4, -0.2) is 5.54 Å². The van der Waals surface area contributed by atoms with Crippen LogP contribution in [0.4, 0.5) is 0 Å². The van der Waals surface area contributed by atoms with Crippen LogP contribution in [0, 0.1) is 11.8 Å². The monoisotopic (exact) mass is 179 g/mol. The third-order valence-corrected chi connectivity index (χ3v) is 3.95. The zero-order valence-electron chi connectivity index (χ0n) is 8.90. The zero-order chi connectivity index (χ0) is 9.47. The van der Waals surface area contributed by atoms with Crippen molar-refractivity contribution in [3.63, 3.8) is 0 Å². The molecule has 1 aliphatic carbocycles. The topological polar surface area (TPSA) is 12.0 Å². The smallest absolute Gasteiger partial charge is 0.0377 e. The molecule has 0 aromatic heterocycles. The second-order valence-corrected chi connectivity index (χ2v) is 5.22. The normalized spacial score (nSPS) is 45.2. The lowest BCUT2D eigenvalue weighted by molar-refractivity contribution is 0.219. The Morgan fingerprint density at radius 2 is 1.92 bits per heavy atom. The van der Waals surface area contributed by atoms with Gasteiger partial charge in [0.15, 0.2) is 0 Å². The van der Waals surface area contributed by atoms with Gasteiger partial charge >= 0.3 is 0 Å². The van der Waals surface area contributed by atoms with E-state index in [4.69, 9.17) is 0 Å². The molecule has 0 bridgehead atoms. The van der Waals surface area contributed by atoms with E-state index in [0.29, 0.717) is 11.5 Å². The predicted octanol–water partition coefficient (Wildman–Crippen LogP) is 3.08. The molecule has 0 aromatic carbocycles. The largest absolute Gasteiger partial charge is 0.383 e. The molecule has 1 nitrogen and oxygen atoms in total. The molecule has 0 amide bonds. The molecule has 0 aromatic rings. The van der Waals surface area contributed by atoms with E-state index >= 15 is 0 Å². The van der Waals surface area contributed by atoms with Gasteiger partial charge in [-0.05, 0) is 43.9 Å². The fraction of sp³-hybridized carbons (Fsp3) is 0.833. The van der Waals surface area contributed by atoms with Crippen molar-refractivity contribution in [3.8, 4) is 0 Å². The molecule has 74 valence electrons. The summed E-state index contributed by atoms with van der Waals surface area (Å²) in [5, 5.41) is 3.65. The van der Waals surface area contributed by atoms with Gasteiger partial charge in [-0.15, -0.1) is 0 Å². The van der Waals surface area contributed by atoms with Gasteiger partial charge < -0.3 is 5.32 Å². The van der Waals surface area contributed by atoms with Gasteiger partial charge in [0, 0.05) is 11.2 Å². The predicted molar refractivity (Wildman–Crippen MR) is 56.4 cm³/mol. The number of allylic oxidation sites excluding steroid dienone is 1. The molecule has 1 spiro atoms. The van der Waals surface area contributed by atoms with E-state index in [1.54, 1.807) is 0 Å². The quantitative estimate of drug-likeness (QED) is 0.602. The van der Waals surface area contributed by atoms with Gasteiger partial charge in [0.2, 0.25) is 0 Å². The van der Waals surface area contributed by atoms with E-state index in [-0.39, 0.29) is 0 Å². The highest BCUT2D eigenvalue weighted by atomic mass is 15.0. The minimum atomic E-state index is 0.447. The van der Waals surface area contributed by atoms with Crippen molar-refractivity contribution in [2.45, 2.75) is 51.5 Å². The Bertz CT molecular complexity index is 211. The van der Waals surface area contributed by atoms with Crippen LogP contribution in [0.2, 0.25) is 0 Å². The Hall–Kier alpha value is -0.460.